The van der Waals surface area contributed by atoms with Crippen LogP contribution in [0, 0.1) is 83.5 Å². The molecule has 4 aliphatic carbocycles. The molecule has 348 valence electrons. The molecular weight excluding hydrogens is 797 g/mol. The Balaban J connectivity index is 0.000000207. The van der Waals surface area contributed by atoms with Crippen LogP contribution in [0.1, 0.15) is 191 Å². The van der Waals surface area contributed by atoms with Gasteiger partial charge in [-0.25, -0.2) is 8.78 Å². The molecule has 2 saturated carbocycles. The van der Waals surface area contributed by atoms with E-state index in [1.165, 1.54) is 77.0 Å². The second kappa shape index (κ2) is 25.3. The molecule has 5 aliphatic rings. The van der Waals surface area contributed by atoms with E-state index in [1.54, 1.807) is 6.07 Å². The molecular formula is C56H78F4O3. The molecule has 0 spiro atoms. The number of hydrogen-bond acceptors (Lipinski definition) is 3. The van der Waals surface area contributed by atoms with Gasteiger partial charge in [-0.2, -0.15) is 8.78 Å². The first-order valence-electron chi connectivity index (χ1n) is 25.1. The molecule has 0 aromatic heterocycles. The molecule has 63 heavy (non-hydrogen) atoms. The van der Waals surface area contributed by atoms with E-state index in [0.29, 0.717) is 54.1 Å². The van der Waals surface area contributed by atoms with Gasteiger partial charge in [0.2, 0.25) is 11.6 Å². The molecule has 2 aromatic rings. The predicted molar refractivity (Wildman–Crippen MR) is 251 cm³/mol. The number of aryl methyl sites for hydroxylation is 1. The molecule has 5 atom stereocenters. The maximum Gasteiger partial charge on any atom is 0.201 e. The van der Waals surface area contributed by atoms with Crippen LogP contribution in [0.5, 0.6) is 11.5 Å². The third kappa shape index (κ3) is 13.3. The van der Waals surface area contributed by atoms with Crippen molar-refractivity contribution in [2.24, 2.45) is 35.5 Å². The highest BCUT2D eigenvalue weighted by Gasteiger charge is 2.36. The monoisotopic (exact) mass is 875 g/mol. The summed E-state index contributed by atoms with van der Waals surface area (Å²) in [5.74, 6) is 5.95. The van der Waals surface area contributed by atoms with Gasteiger partial charge < -0.3 is 14.6 Å². The van der Waals surface area contributed by atoms with E-state index in [9.17, 15) is 13.2 Å². The maximum atomic E-state index is 15.0. The largest absolute Gasteiger partial charge is 0.483 e. The van der Waals surface area contributed by atoms with E-state index in [-0.39, 0.29) is 17.6 Å². The summed E-state index contributed by atoms with van der Waals surface area (Å²) in [6, 6.07) is 1.70. The fourth-order valence-electron chi connectivity index (χ4n) is 11.5. The molecule has 2 fully saturated rings. The van der Waals surface area contributed by atoms with E-state index in [0.717, 1.165) is 86.3 Å². The van der Waals surface area contributed by atoms with E-state index in [1.807, 2.05) is 26.0 Å². The first-order valence-corrected chi connectivity index (χ1v) is 25.1. The van der Waals surface area contributed by atoms with Crippen LogP contribution >= 0.6 is 0 Å². The van der Waals surface area contributed by atoms with Gasteiger partial charge in [-0.3, -0.25) is 0 Å². The first-order chi connectivity index (χ1) is 30.5. The SMILES string of the molecule is C#CC(CCC)Oc1cc2c(c(F)c1F)CC(C1CCC(CCC)CC1)CC2.C#CC(O)CCC.CCCC1CCC(C2CCc3c4c(c(F)c(F)c3C2)OC(CCC)C=C4)CC1. The summed E-state index contributed by atoms with van der Waals surface area (Å²) in [4.78, 5) is 0. The minimum absolute atomic E-state index is 0.0221. The Kier molecular flexibility index (Phi) is 20.3. The second-order valence-corrected chi connectivity index (χ2v) is 19.5. The van der Waals surface area contributed by atoms with Crippen LogP contribution in [0.15, 0.2) is 12.1 Å². The highest BCUT2D eigenvalue weighted by molar-refractivity contribution is 5.66. The highest BCUT2D eigenvalue weighted by Crippen LogP contribution is 2.46. The Labute approximate surface area is 379 Å². The van der Waals surface area contributed by atoms with Gasteiger partial charge in [-0.15, -0.1) is 12.8 Å². The van der Waals surface area contributed by atoms with Crippen LogP contribution in [0.2, 0.25) is 0 Å². The second-order valence-electron chi connectivity index (χ2n) is 19.5. The Morgan fingerprint density at radius 2 is 1.19 bits per heavy atom. The standard InChI is InChI=1S/2C25H34F2O.C6H10O/c1-3-5-16-7-9-17(10-8-16)18-11-13-20-21-14-12-19(6-4-2)28-25(21)24(27)23(26)22(20)15-18;1-4-7-17-9-11-18(12-10-17)19-13-14-20-16-23(28-21(6-3)8-5-2)25(27)24(26)22(20)15-19;1-3-5-6(7)4-2/h12,14,16-19H,3-11,13,15H2,1-2H3;3,16-19,21H,4-5,7-15H2,1-2H3;2,6-7H,3,5H2,1H3. The topological polar surface area (TPSA) is 38.7 Å². The highest BCUT2D eigenvalue weighted by atomic mass is 19.2. The lowest BCUT2D eigenvalue weighted by atomic mass is 9.68. The zero-order valence-electron chi connectivity index (χ0n) is 39.3. The molecule has 1 aliphatic heterocycles. The van der Waals surface area contributed by atoms with Crippen LogP contribution in [-0.2, 0) is 25.7 Å². The smallest absolute Gasteiger partial charge is 0.201 e. The van der Waals surface area contributed by atoms with E-state index in [4.69, 9.17) is 27.4 Å². The predicted octanol–water partition coefficient (Wildman–Crippen LogP) is 14.9. The van der Waals surface area contributed by atoms with Crippen LogP contribution in [0.3, 0.4) is 0 Å². The summed E-state index contributed by atoms with van der Waals surface area (Å²) in [5.41, 5.74) is 3.90. The summed E-state index contributed by atoms with van der Waals surface area (Å²) in [6.07, 6.45) is 38.7. The Hall–Kier alpha value is -3.42. The molecule has 1 heterocycles. The van der Waals surface area contributed by atoms with Gasteiger partial charge in [0.1, 0.15) is 12.2 Å². The van der Waals surface area contributed by atoms with Crippen LogP contribution in [-0.4, -0.2) is 23.4 Å². The fourth-order valence-corrected chi connectivity index (χ4v) is 11.5. The molecule has 2 aromatic carbocycles. The van der Waals surface area contributed by atoms with Crippen molar-refractivity contribution in [2.75, 3.05) is 0 Å². The molecule has 1 N–H and O–H groups in total. The zero-order valence-corrected chi connectivity index (χ0v) is 39.3. The summed E-state index contributed by atoms with van der Waals surface area (Å²) < 4.78 is 70.8. The van der Waals surface area contributed by atoms with E-state index >= 15 is 4.39 Å². The zero-order chi connectivity index (χ0) is 45.5. The minimum atomic E-state index is -0.873. The number of terminal acetylenes is 2. The Morgan fingerprint density at radius 1 is 0.635 bits per heavy atom. The van der Waals surface area contributed by atoms with Crippen molar-refractivity contribution in [3.63, 3.8) is 0 Å². The van der Waals surface area contributed by atoms with Gasteiger partial charge in [0, 0.05) is 5.56 Å². The van der Waals surface area contributed by atoms with Gasteiger partial charge in [-0.1, -0.05) is 123 Å². The van der Waals surface area contributed by atoms with Crippen LogP contribution < -0.4 is 9.47 Å². The van der Waals surface area contributed by atoms with Crippen LogP contribution in [0.4, 0.5) is 17.6 Å². The number of aliphatic hydroxyl groups excluding tert-OH is 1. The number of rotatable bonds is 14. The van der Waals surface area contributed by atoms with Crippen molar-refractivity contribution < 1.29 is 32.1 Å². The van der Waals surface area contributed by atoms with Gasteiger partial charge in [-0.05, 0) is 153 Å². The molecule has 0 amide bonds. The average Bonchev–Trinajstić information content (AvgIpc) is 3.30. The molecule has 0 radical (unpaired) electrons. The van der Waals surface area contributed by atoms with Gasteiger partial charge in [0.25, 0.3) is 0 Å². The quantitative estimate of drug-likeness (QED) is 0.152. The summed E-state index contributed by atoms with van der Waals surface area (Å²) in [7, 11) is 0. The Bertz CT molecular complexity index is 1860. The molecule has 7 rings (SSSR count). The van der Waals surface area contributed by atoms with Crippen molar-refractivity contribution in [1.82, 2.24) is 0 Å². The van der Waals surface area contributed by atoms with Gasteiger partial charge >= 0.3 is 0 Å². The van der Waals surface area contributed by atoms with Gasteiger partial charge in [0.15, 0.2) is 29.2 Å². The fraction of sp³-hybridized carbons (Fsp3) is 0.679. The molecule has 7 heteroatoms. The number of halogens is 4. The molecule has 3 nitrogen and oxygen atoms in total. The number of ether oxygens (including phenoxy) is 2. The van der Waals surface area contributed by atoms with Crippen LogP contribution in [0.25, 0.3) is 6.08 Å². The lowest BCUT2D eigenvalue weighted by Gasteiger charge is -2.37. The lowest BCUT2D eigenvalue weighted by molar-refractivity contribution is 0.181. The van der Waals surface area contributed by atoms with Crippen molar-refractivity contribution in [3.05, 3.63) is 63.2 Å². The average molecular weight is 875 g/mol. The van der Waals surface area contributed by atoms with E-state index < -0.39 is 35.5 Å². The third-order valence-corrected chi connectivity index (χ3v) is 15.0. The van der Waals surface area contributed by atoms with Crippen molar-refractivity contribution in [3.8, 4) is 36.2 Å². The molecule has 0 bridgehead atoms. The number of hydrogen-bond donors (Lipinski definition) is 1. The summed E-state index contributed by atoms with van der Waals surface area (Å²) in [6.45, 7) is 10.6. The summed E-state index contributed by atoms with van der Waals surface area (Å²) >= 11 is 0. The molecule has 0 saturated heterocycles. The maximum absolute atomic E-state index is 15.0. The normalized spacial score (nSPS) is 25.7. The van der Waals surface area contributed by atoms with Crippen molar-refractivity contribution in [1.29, 1.82) is 0 Å². The Morgan fingerprint density at radius 3 is 1.71 bits per heavy atom. The summed E-state index contributed by atoms with van der Waals surface area (Å²) in [5, 5.41) is 8.62. The lowest BCUT2D eigenvalue weighted by Crippen LogP contribution is -2.29. The van der Waals surface area contributed by atoms with E-state index in [2.05, 4.69) is 32.6 Å². The van der Waals surface area contributed by atoms with Crippen molar-refractivity contribution >= 4 is 6.08 Å². The third-order valence-electron chi connectivity index (χ3n) is 15.0. The molecule has 5 unspecified atom stereocenters. The first kappa shape index (κ1) is 50.6. The number of aliphatic hydroxyl groups is 1. The van der Waals surface area contributed by atoms with Gasteiger partial charge in [0.05, 0.1) is 0 Å². The number of fused-ring (bicyclic) bond motifs is 4. The van der Waals surface area contributed by atoms with Crippen molar-refractivity contribution in [2.45, 2.75) is 207 Å². The number of benzene rings is 2. The minimum Gasteiger partial charge on any atom is -0.483 e.